The van der Waals surface area contributed by atoms with Gasteiger partial charge in [-0.2, -0.15) is 0 Å². The number of hydrogen-bond donors (Lipinski definition) is 3. The molecule has 1 heterocycles. The van der Waals surface area contributed by atoms with Crippen LogP contribution in [0.2, 0.25) is 0 Å². The minimum absolute atomic E-state index is 0.136. The van der Waals surface area contributed by atoms with Gasteiger partial charge in [-0.25, -0.2) is 9.78 Å². The summed E-state index contributed by atoms with van der Waals surface area (Å²) in [5.41, 5.74) is -0.794. The van der Waals surface area contributed by atoms with E-state index >= 15 is 0 Å². The summed E-state index contributed by atoms with van der Waals surface area (Å²) in [5.74, 6) is -0.231. The maximum Gasteiger partial charge on any atom is 0.315 e. The number of nitrogens with zero attached hydrogens (tertiary/aromatic N) is 2. The molecule has 0 aliphatic heterocycles. The maximum atomic E-state index is 11.6. The number of carboxylic acid groups (broad SMARTS) is 1. The molecule has 1 aromatic rings. The van der Waals surface area contributed by atoms with E-state index in [-0.39, 0.29) is 6.42 Å². The predicted octanol–water partition coefficient (Wildman–Crippen LogP) is 0.473. The first-order chi connectivity index (χ1) is 8.30. The van der Waals surface area contributed by atoms with E-state index in [4.69, 9.17) is 5.11 Å². The van der Waals surface area contributed by atoms with Crippen LogP contribution in [-0.4, -0.2) is 32.2 Å². The van der Waals surface area contributed by atoms with Crippen molar-refractivity contribution >= 4 is 12.0 Å². The lowest BCUT2D eigenvalue weighted by atomic mass is 10.0. The summed E-state index contributed by atoms with van der Waals surface area (Å²) in [4.78, 5) is 26.3. The van der Waals surface area contributed by atoms with Gasteiger partial charge in [0.05, 0.1) is 13.0 Å². The second kappa shape index (κ2) is 5.52. The van der Waals surface area contributed by atoms with Gasteiger partial charge in [0.1, 0.15) is 5.82 Å². The van der Waals surface area contributed by atoms with E-state index in [0.717, 1.165) is 5.82 Å². The van der Waals surface area contributed by atoms with Gasteiger partial charge in [-0.05, 0) is 13.8 Å². The molecule has 3 N–H and O–H groups in total. The molecular formula is C11H18N4O3. The highest BCUT2D eigenvalue weighted by atomic mass is 16.4. The number of aromatic nitrogens is 2. The van der Waals surface area contributed by atoms with Crippen molar-refractivity contribution in [3.63, 3.8) is 0 Å². The molecule has 2 amide bonds. The Hall–Kier alpha value is -2.05. The summed E-state index contributed by atoms with van der Waals surface area (Å²) in [6.07, 6.45) is 3.29. The lowest BCUT2D eigenvalue weighted by Gasteiger charge is -2.24. The Morgan fingerprint density at radius 3 is 2.67 bits per heavy atom. The van der Waals surface area contributed by atoms with Crippen molar-refractivity contribution < 1.29 is 14.7 Å². The van der Waals surface area contributed by atoms with Crippen molar-refractivity contribution in [2.75, 3.05) is 0 Å². The molecule has 7 nitrogen and oxygen atoms in total. The SMILES string of the molecule is Cn1ccnc1CNC(=O)NC(C)(C)CC(=O)O. The van der Waals surface area contributed by atoms with Gasteiger partial charge in [0.2, 0.25) is 0 Å². The normalized spacial score (nSPS) is 11.1. The lowest BCUT2D eigenvalue weighted by Crippen LogP contribution is -2.49. The van der Waals surface area contributed by atoms with Gasteiger partial charge in [-0.15, -0.1) is 0 Å². The van der Waals surface area contributed by atoms with E-state index in [1.807, 2.05) is 7.05 Å². The zero-order valence-corrected chi connectivity index (χ0v) is 10.7. The highest BCUT2D eigenvalue weighted by molar-refractivity contribution is 5.76. The number of carbonyl (C=O) groups is 2. The van der Waals surface area contributed by atoms with E-state index in [1.165, 1.54) is 0 Å². The van der Waals surface area contributed by atoms with Gasteiger partial charge >= 0.3 is 12.0 Å². The summed E-state index contributed by atoms with van der Waals surface area (Å²) in [5, 5.41) is 13.9. The molecule has 0 aliphatic rings. The van der Waals surface area contributed by atoms with Crippen LogP contribution in [0, 0.1) is 0 Å². The first-order valence-electron chi connectivity index (χ1n) is 5.54. The second-order valence-corrected chi connectivity index (χ2v) is 4.72. The molecule has 0 fully saturated rings. The molecule has 18 heavy (non-hydrogen) atoms. The molecule has 0 radical (unpaired) electrons. The third-order valence-electron chi connectivity index (χ3n) is 2.37. The largest absolute Gasteiger partial charge is 0.481 e. The van der Waals surface area contributed by atoms with E-state index in [2.05, 4.69) is 15.6 Å². The Balaban J connectivity index is 2.42. The Kier molecular flexibility index (Phi) is 4.30. The molecule has 0 unspecified atom stereocenters. The topological polar surface area (TPSA) is 96.3 Å². The Labute approximate surface area is 105 Å². The van der Waals surface area contributed by atoms with E-state index in [0.29, 0.717) is 6.54 Å². The molecule has 0 spiro atoms. The molecule has 1 rings (SSSR count). The lowest BCUT2D eigenvalue weighted by molar-refractivity contribution is -0.138. The Morgan fingerprint density at radius 1 is 1.50 bits per heavy atom. The van der Waals surface area contributed by atoms with Crippen molar-refractivity contribution in [2.45, 2.75) is 32.4 Å². The number of rotatable bonds is 5. The number of aryl methyl sites for hydroxylation is 1. The van der Waals surface area contributed by atoms with Crippen LogP contribution in [0.25, 0.3) is 0 Å². The fourth-order valence-corrected chi connectivity index (χ4v) is 1.50. The Morgan fingerprint density at radius 2 is 2.17 bits per heavy atom. The number of carboxylic acids is 1. The maximum absolute atomic E-state index is 11.6. The van der Waals surface area contributed by atoms with E-state index < -0.39 is 17.5 Å². The van der Waals surface area contributed by atoms with Crippen LogP contribution in [0.4, 0.5) is 4.79 Å². The van der Waals surface area contributed by atoms with Crippen molar-refractivity contribution in [3.05, 3.63) is 18.2 Å². The monoisotopic (exact) mass is 254 g/mol. The summed E-state index contributed by atoms with van der Waals surface area (Å²) in [7, 11) is 1.83. The fourth-order valence-electron chi connectivity index (χ4n) is 1.50. The van der Waals surface area contributed by atoms with E-state index in [9.17, 15) is 9.59 Å². The first kappa shape index (κ1) is 14.0. The summed E-state index contributed by atoms with van der Waals surface area (Å²) < 4.78 is 1.79. The quantitative estimate of drug-likeness (QED) is 0.711. The molecule has 0 saturated carbocycles. The highest BCUT2D eigenvalue weighted by Gasteiger charge is 2.23. The van der Waals surface area contributed by atoms with Crippen LogP contribution in [0.15, 0.2) is 12.4 Å². The summed E-state index contributed by atoms with van der Waals surface area (Å²) in [6.45, 7) is 3.60. The third-order valence-corrected chi connectivity index (χ3v) is 2.37. The molecule has 1 aromatic heterocycles. The molecule has 0 bridgehead atoms. The predicted molar refractivity (Wildman–Crippen MR) is 64.9 cm³/mol. The molecule has 7 heteroatoms. The standard InChI is InChI=1S/C11H18N4O3/c1-11(2,6-9(16)17)14-10(18)13-7-8-12-4-5-15(8)3/h4-5H,6-7H2,1-3H3,(H,16,17)(H2,13,14,18). The van der Waals surface area contributed by atoms with Crippen molar-refractivity contribution in [1.29, 1.82) is 0 Å². The molecule has 100 valence electrons. The van der Waals surface area contributed by atoms with Gasteiger partial charge in [0.25, 0.3) is 0 Å². The van der Waals surface area contributed by atoms with Crippen LogP contribution < -0.4 is 10.6 Å². The molecule has 0 saturated heterocycles. The number of amides is 2. The van der Waals surface area contributed by atoms with Crippen LogP contribution in [-0.2, 0) is 18.4 Å². The fraction of sp³-hybridized carbons (Fsp3) is 0.545. The molecule has 0 aliphatic carbocycles. The van der Waals surface area contributed by atoms with Crippen molar-refractivity contribution in [2.24, 2.45) is 7.05 Å². The minimum atomic E-state index is -0.954. The zero-order chi connectivity index (χ0) is 13.8. The average Bonchev–Trinajstić information content (AvgIpc) is 2.58. The zero-order valence-electron chi connectivity index (χ0n) is 10.7. The third kappa shape index (κ3) is 4.44. The van der Waals surface area contributed by atoms with Crippen LogP contribution in [0.3, 0.4) is 0 Å². The van der Waals surface area contributed by atoms with Gasteiger partial charge in [0.15, 0.2) is 0 Å². The van der Waals surface area contributed by atoms with Crippen LogP contribution >= 0.6 is 0 Å². The van der Waals surface area contributed by atoms with Crippen LogP contribution in [0.5, 0.6) is 0 Å². The van der Waals surface area contributed by atoms with Gasteiger partial charge < -0.3 is 20.3 Å². The summed E-state index contributed by atoms with van der Waals surface area (Å²) in [6, 6.07) is -0.413. The summed E-state index contributed by atoms with van der Waals surface area (Å²) >= 11 is 0. The number of carbonyl (C=O) groups excluding carboxylic acids is 1. The Bertz CT molecular complexity index is 439. The van der Waals surface area contributed by atoms with Crippen molar-refractivity contribution in [1.82, 2.24) is 20.2 Å². The van der Waals surface area contributed by atoms with Crippen molar-refractivity contribution in [3.8, 4) is 0 Å². The number of urea groups is 1. The van der Waals surface area contributed by atoms with Crippen LogP contribution in [0.1, 0.15) is 26.1 Å². The van der Waals surface area contributed by atoms with E-state index in [1.54, 1.807) is 30.8 Å². The number of nitrogens with one attached hydrogen (secondary N) is 2. The highest BCUT2D eigenvalue weighted by Crippen LogP contribution is 2.07. The number of aliphatic carboxylic acids is 1. The van der Waals surface area contributed by atoms with Gasteiger partial charge in [-0.1, -0.05) is 0 Å². The van der Waals surface area contributed by atoms with Gasteiger partial charge in [0, 0.05) is 25.0 Å². The molecule has 0 atom stereocenters. The van der Waals surface area contributed by atoms with Gasteiger partial charge in [-0.3, -0.25) is 4.79 Å². The molecular weight excluding hydrogens is 236 g/mol. The first-order valence-corrected chi connectivity index (χ1v) is 5.54. The smallest absolute Gasteiger partial charge is 0.315 e. The average molecular weight is 254 g/mol. The number of hydrogen-bond acceptors (Lipinski definition) is 3. The minimum Gasteiger partial charge on any atom is -0.481 e. The number of imidazole rings is 1. The molecule has 0 aromatic carbocycles. The second-order valence-electron chi connectivity index (χ2n) is 4.72.